The van der Waals surface area contributed by atoms with Gasteiger partial charge in [-0.1, -0.05) is 50.8 Å². The molecule has 2 atom stereocenters. The average molecular weight is 230 g/mol. The van der Waals surface area contributed by atoms with Gasteiger partial charge in [0.2, 0.25) is 0 Å². The topological polar surface area (TPSA) is 17.1 Å². The lowest BCUT2D eigenvalue weighted by Gasteiger charge is -2.31. The van der Waals surface area contributed by atoms with Crippen LogP contribution in [-0.4, -0.2) is 6.29 Å². The minimum absolute atomic E-state index is 0.811. The van der Waals surface area contributed by atoms with Crippen LogP contribution >= 0.6 is 0 Å². The second kappa shape index (κ2) is 6.00. The van der Waals surface area contributed by atoms with Crippen LogP contribution in [0.15, 0.2) is 24.3 Å². The predicted octanol–water partition coefficient (Wildman–Crippen LogP) is 4.26. The van der Waals surface area contributed by atoms with Gasteiger partial charge in [0.05, 0.1) is 0 Å². The summed E-state index contributed by atoms with van der Waals surface area (Å²) < 4.78 is 0. The summed E-state index contributed by atoms with van der Waals surface area (Å²) in [4.78, 5) is 10.8. The van der Waals surface area contributed by atoms with E-state index in [-0.39, 0.29) is 0 Å². The first-order chi connectivity index (χ1) is 8.33. The molecule has 0 heterocycles. The second-order valence-corrected chi connectivity index (χ2v) is 5.28. The molecule has 1 aliphatic rings. The third-order valence-corrected chi connectivity index (χ3v) is 4.18. The van der Waals surface area contributed by atoms with E-state index < -0.39 is 0 Å². The van der Waals surface area contributed by atoms with Gasteiger partial charge in [-0.25, -0.2) is 0 Å². The van der Waals surface area contributed by atoms with Gasteiger partial charge >= 0.3 is 0 Å². The fraction of sp³-hybridized carbons (Fsp3) is 0.562. The lowest BCUT2D eigenvalue weighted by atomic mass is 9.75. The van der Waals surface area contributed by atoms with Crippen molar-refractivity contribution in [1.82, 2.24) is 0 Å². The van der Waals surface area contributed by atoms with Gasteiger partial charge in [-0.15, -0.1) is 0 Å². The van der Waals surface area contributed by atoms with Crippen LogP contribution in [0.5, 0.6) is 0 Å². The Morgan fingerprint density at radius 2 is 2.00 bits per heavy atom. The van der Waals surface area contributed by atoms with Crippen molar-refractivity contribution in [2.24, 2.45) is 11.8 Å². The van der Waals surface area contributed by atoms with E-state index in [0.29, 0.717) is 0 Å². The Morgan fingerprint density at radius 3 is 2.71 bits per heavy atom. The predicted molar refractivity (Wildman–Crippen MR) is 71.3 cm³/mol. The van der Waals surface area contributed by atoms with Crippen molar-refractivity contribution in [2.45, 2.75) is 45.4 Å². The molecule has 1 fully saturated rings. The Hall–Kier alpha value is -1.11. The minimum Gasteiger partial charge on any atom is -0.298 e. The van der Waals surface area contributed by atoms with Gasteiger partial charge in [-0.3, -0.25) is 4.79 Å². The summed E-state index contributed by atoms with van der Waals surface area (Å²) in [5.74, 6) is 1.72. The van der Waals surface area contributed by atoms with Crippen molar-refractivity contribution in [3.05, 3.63) is 35.4 Å². The van der Waals surface area contributed by atoms with Crippen LogP contribution in [0.4, 0.5) is 0 Å². The van der Waals surface area contributed by atoms with Crippen molar-refractivity contribution in [3.8, 4) is 0 Å². The van der Waals surface area contributed by atoms with E-state index in [0.717, 1.165) is 30.1 Å². The number of rotatable bonds is 4. The Morgan fingerprint density at radius 1 is 1.24 bits per heavy atom. The molecule has 2 rings (SSSR count). The van der Waals surface area contributed by atoms with Crippen LogP contribution in [0.25, 0.3) is 0 Å². The Bertz CT molecular complexity index is 370. The highest BCUT2D eigenvalue weighted by Crippen LogP contribution is 2.34. The Labute approximate surface area is 104 Å². The van der Waals surface area contributed by atoms with E-state index in [1.807, 2.05) is 18.2 Å². The number of benzene rings is 1. The number of hydrogen-bond acceptors (Lipinski definition) is 1. The highest BCUT2D eigenvalue weighted by molar-refractivity contribution is 5.74. The van der Waals surface area contributed by atoms with Crippen LogP contribution in [0.1, 0.15) is 54.9 Å². The third-order valence-electron chi connectivity index (χ3n) is 4.18. The fourth-order valence-corrected chi connectivity index (χ4v) is 3.19. The second-order valence-electron chi connectivity index (χ2n) is 5.28. The molecule has 1 nitrogen and oxygen atoms in total. The zero-order valence-electron chi connectivity index (χ0n) is 10.7. The largest absolute Gasteiger partial charge is 0.298 e. The number of carbonyl (C=O) groups excluding carboxylic acids is 1. The summed E-state index contributed by atoms with van der Waals surface area (Å²) in [5, 5.41) is 0. The molecule has 17 heavy (non-hydrogen) atoms. The van der Waals surface area contributed by atoms with E-state index in [1.54, 1.807) is 0 Å². The smallest absolute Gasteiger partial charge is 0.150 e. The summed E-state index contributed by atoms with van der Waals surface area (Å²) in [5.41, 5.74) is 2.14. The van der Waals surface area contributed by atoms with Gasteiger partial charge in [0.15, 0.2) is 0 Å². The van der Waals surface area contributed by atoms with E-state index in [2.05, 4.69) is 13.0 Å². The first kappa shape index (κ1) is 12.3. The van der Waals surface area contributed by atoms with E-state index in [1.165, 1.54) is 37.7 Å². The molecule has 92 valence electrons. The maximum atomic E-state index is 10.8. The van der Waals surface area contributed by atoms with Gasteiger partial charge in [-0.05, 0) is 36.3 Å². The van der Waals surface area contributed by atoms with Crippen molar-refractivity contribution in [1.29, 1.82) is 0 Å². The molecule has 1 aromatic rings. The van der Waals surface area contributed by atoms with Crippen LogP contribution in [-0.2, 0) is 6.42 Å². The van der Waals surface area contributed by atoms with Crippen LogP contribution in [0, 0.1) is 11.8 Å². The molecule has 0 radical (unpaired) electrons. The van der Waals surface area contributed by atoms with Crippen molar-refractivity contribution >= 4 is 6.29 Å². The quantitative estimate of drug-likeness (QED) is 0.706. The molecule has 0 aromatic heterocycles. The van der Waals surface area contributed by atoms with Gasteiger partial charge in [0.1, 0.15) is 6.29 Å². The maximum absolute atomic E-state index is 10.8. The van der Waals surface area contributed by atoms with E-state index in [4.69, 9.17) is 0 Å². The summed E-state index contributed by atoms with van der Waals surface area (Å²) in [6, 6.07) is 8.10. The van der Waals surface area contributed by atoms with Crippen LogP contribution < -0.4 is 0 Å². The van der Waals surface area contributed by atoms with Gasteiger partial charge in [0, 0.05) is 5.56 Å². The normalized spacial score (nSPS) is 24.5. The zero-order valence-corrected chi connectivity index (χ0v) is 10.7. The lowest BCUT2D eigenvalue weighted by Crippen LogP contribution is -2.21. The molecule has 0 N–H and O–H groups in total. The number of hydrogen-bond donors (Lipinski definition) is 0. The highest BCUT2D eigenvalue weighted by Gasteiger charge is 2.23. The average Bonchev–Trinajstić information content (AvgIpc) is 2.39. The zero-order chi connectivity index (χ0) is 12.1. The first-order valence-corrected chi connectivity index (χ1v) is 6.87. The first-order valence-electron chi connectivity index (χ1n) is 6.87. The van der Waals surface area contributed by atoms with Gasteiger partial charge < -0.3 is 0 Å². The molecule has 1 heteroatoms. The molecular weight excluding hydrogens is 208 g/mol. The van der Waals surface area contributed by atoms with E-state index >= 15 is 0 Å². The fourth-order valence-electron chi connectivity index (χ4n) is 3.19. The van der Waals surface area contributed by atoms with Crippen molar-refractivity contribution < 1.29 is 4.79 Å². The molecule has 0 amide bonds. The summed E-state index contributed by atoms with van der Waals surface area (Å²) in [7, 11) is 0. The third kappa shape index (κ3) is 3.18. The summed E-state index contributed by atoms with van der Waals surface area (Å²) in [6.45, 7) is 2.31. The molecule has 1 aliphatic carbocycles. The summed E-state index contributed by atoms with van der Waals surface area (Å²) in [6.07, 6.45) is 8.95. The molecule has 0 aliphatic heterocycles. The van der Waals surface area contributed by atoms with Crippen LogP contribution in [0.3, 0.4) is 0 Å². The number of carbonyl (C=O) groups is 1. The van der Waals surface area contributed by atoms with Crippen LogP contribution in [0.2, 0.25) is 0 Å². The Kier molecular flexibility index (Phi) is 4.36. The maximum Gasteiger partial charge on any atom is 0.150 e. The molecule has 0 bridgehead atoms. The molecule has 1 saturated carbocycles. The lowest BCUT2D eigenvalue weighted by molar-refractivity contribution is 0.112. The van der Waals surface area contributed by atoms with Crippen molar-refractivity contribution in [3.63, 3.8) is 0 Å². The molecular formula is C16H22O. The Balaban J connectivity index is 2.05. The number of aldehydes is 1. The minimum atomic E-state index is 0.811. The summed E-state index contributed by atoms with van der Waals surface area (Å²) >= 11 is 0. The monoisotopic (exact) mass is 230 g/mol. The standard InChI is InChI=1S/C16H22O/c1-2-15-8-3-4-9-16(15)11-13-6-5-7-14(10-13)12-17/h5-7,10,12,15-16H,2-4,8-9,11H2,1H3. The van der Waals surface area contributed by atoms with Crippen molar-refractivity contribution in [2.75, 3.05) is 0 Å². The van der Waals surface area contributed by atoms with Gasteiger partial charge in [0.25, 0.3) is 0 Å². The van der Waals surface area contributed by atoms with Gasteiger partial charge in [-0.2, -0.15) is 0 Å². The SMILES string of the molecule is CCC1CCCCC1Cc1cccc(C=O)c1. The molecule has 1 aromatic carbocycles. The molecule has 0 spiro atoms. The van der Waals surface area contributed by atoms with E-state index in [9.17, 15) is 4.79 Å². The molecule has 0 saturated heterocycles. The molecule has 2 unspecified atom stereocenters. The highest BCUT2D eigenvalue weighted by atomic mass is 16.1.